The Hall–Kier alpha value is -1.93. The van der Waals surface area contributed by atoms with Crippen LogP contribution in [0.15, 0.2) is 17.0 Å². The van der Waals surface area contributed by atoms with Gasteiger partial charge in [-0.3, -0.25) is 9.59 Å². The van der Waals surface area contributed by atoms with E-state index in [1.807, 2.05) is 6.92 Å². The predicted octanol–water partition coefficient (Wildman–Crippen LogP) is 1.41. The molecular weight excluding hydrogens is 322 g/mol. The van der Waals surface area contributed by atoms with Crippen LogP contribution in [-0.2, 0) is 19.6 Å². The Labute approximate surface area is 135 Å². The van der Waals surface area contributed by atoms with Crippen molar-refractivity contribution in [1.82, 2.24) is 4.72 Å². The topological polar surface area (TPSA) is 110 Å². The molecule has 0 aliphatic carbocycles. The van der Waals surface area contributed by atoms with Gasteiger partial charge in [-0.25, -0.2) is 8.42 Å². The summed E-state index contributed by atoms with van der Waals surface area (Å²) in [5.74, 6) is -1.63. The van der Waals surface area contributed by atoms with Gasteiger partial charge >= 0.3 is 5.97 Å². The highest BCUT2D eigenvalue weighted by Gasteiger charge is 2.29. The molecule has 0 saturated carbocycles. The normalized spacial score (nSPS) is 12.7. The van der Waals surface area contributed by atoms with E-state index >= 15 is 0 Å². The maximum absolute atomic E-state index is 12.5. The second kappa shape index (κ2) is 7.56. The SMILES string of the molecule is CCC(=O)CC(NS(=O)(=O)c1cc(C)c(C)cc1OC)C(=O)O. The Bertz CT molecular complexity index is 711. The summed E-state index contributed by atoms with van der Waals surface area (Å²) in [7, 11) is -2.82. The molecule has 0 fully saturated rings. The summed E-state index contributed by atoms with van der Waals surface area (Å²) in [5.41, 5.74) is 1.57. The Morgan fingerprint density at radius 2 is 1.83 bits per heavy atom. The first-order valence-corrected chi connectivity index (χ1v) is 8.52. The van der Waals surface area contributed by atoms with Crippen LogP contribution in [-0.4, -0.2) is 38.4 Å². The summed E-state index contributed by atoms with van der Waals surface area (Å²) in [4.78, 5) is 22.5. The number of hydrogen-bond donors (Lipinski definition) is 2. The third kappa shape index (κ3) is 4.77. The summed E-state index contributed by atoms with van der Waals surface area (Å²) in [6.45, 7) is 5.13. The average Bonchev–Trinajstić information content (AvgIpc) is 2.48. The molecule has 8 heteroatoms. The third-order valence-electron chi connectivity index (χ3n) is 3.49. The Morgan fingerprint density at radius 1 is 1.26 bits per heavy atom. The number of carboxylic acids is 1. The first-order chi connectivity index (χ1) is 10.6. The zero-order valence-corrected chi connectivity index (χ0v) is 14.4. The molecule has 0 radical (unpaired) electrons. The van der Waals surface area contributed by atoms with E-state index in [1.54, 1.807) is 19.9 Å². The summed E-state index contributed by atoms with van der Waals surface area (Å²) in [6, 6.07) is 1.47. The van der Waals surface area contributed by atoms with Crippen molar-refractivity contribution in [2.24, 2.45) is 0 Å². The monoisotopic (exact) mass is 343 g/mol. The fourth-order valence-electron chi connectivity index (χ4n) is 1.93. The Kier molecular flexibility index (Phi) is 6.28. The highest BCUT2D eigenvalue weighted by molar-refractivity contribution is 7.89. The van der Waals surface area contributed by atoms with Gasteiger partial charge in [-0.2, -0.15) is 4.72 Å². The van der Waals surface area contributed by atoms with Gasteiger partial charge in [0.05, 0.1) is 7.11 Å². The highest BCUT2D eigenvalue weighted by Crippen LogP contribution is 2.27. The van der Waals surface area contributed by atoms with E-state index in [2.05, 4.69) is 4.72 Å². The van der Waals surface area contributed by atoms with Crippen molar-refractivity contribution in [2.45, 2.75) is 44.6 Å². The quantitative estimate of drug-likeness (QED) is 0.738. The molecule has 1 atom stereocenters. The number of aryl methyl sites for hydroxylation is 2. The van der Waals surface area contributed by atoms with Crippen molar-refractivity contribution in [2.75, 3.05) is 7.11 Å². The molecule has 1 aromatic carbocycles. The van der Waals surface area contributed by atoms with Gasteiger partial charge in [-0.05, 0) is 37.1 Å². The molecule has 0 saturated heterocycles. The van der Waals surface area contributed by atoms with E-state index in [0.29, 0.717) is 0 Å². The van der Waals surface area contributed by atoms with Gasteiger partial charge in [-0.1, -0.05) is 6.92 Å². The molecule has 0 aliphatic heterocycles. The molecule has 0 heterocycles. The van der Waals surface area contributed by atoms with Crippen molar-refractivity contribution in [3.05, 3.63) is 23.3 Å². The second-order valence-electron chi connectivity index (χ2n) is 5.20. The van der Waals surface area contributed by atoms with Crippen molar-refractivity contribution >= 4 is 21.8 Å². The van der Waals surface area contributed by atoms with Gasteiger partial charge < -0.3 is 9.84 Å². The lowest BCUT2D eigenvalue weighted by molar-refractivity contribution is -0.140. The van der Waals surface area contributed by atoms with E-state index in [4.69, 9.17) is 9.84 Å². The predicted molar refractivity (Wildman–Crippen MR) is 84.1 cm³/mol. The number of hydrogen-bond acceptors (Lipinski definition) is 5. The average molecular weight is 343 g/mol. The molecule has 0 amide bonds. The Morgan fingerprint density at radius 3 is 2.30 bits per heavy atom. The first kappa shape index (κ1) is 19.1. The van der Waals surface area contributed by atoms with Crippen LogP contribution in [0, 0.1) is 13.8 Å². The molecule has 23 heavy (non-hydrogen) atoms. The Balaban J connectivity index is 3.22. The zero-order chi connectivity index (χ0) is 17.8. The largest absolute Gasteiger partial charge is 0.495 e. The molecule has 2 N–H and O–H groups in total. The fourth-order valence-corrected chi connectivity index (χ4v) is 3.36. The molecule has 1 aromatic rings. The maximum atomic E-state index is 12.5. The highest BCUT2D eigenvalue weighted by atomic mass is 32.2. The fraction of sp³-hybridized carbons (Fsp3) is 0.467. The molecule has 0 aliphatic rings. The molecule has 1 rings (SSSR count). The van der Waals surface area contributed by atoms with Gasteiger partial charge in [0.1, 0.15) is 22.5 Å². The van der Waals surface area contributed by atoms with Gasteiger partial charge in [0.15, 0.2) is 0 Å². The van der Waals surface area contributed by atoms with E-state index in [9.17, 15) is 18.0 Å². The number of benzene rings is 1. The smallest absolute Gasteiger partial charge is 0.322 e. The lowest BCUT2D eigenvalue weighted by Crippen LogP contribution is -2.42. The summed E-state index contributed by atoms with van der Waals surface area (Å²) in [5, 5.41) is 9.14. The minimum Gasteiger partial charge on any atom is -0.495 e. The first-order valence-electron chi connectivity index (χ1n) is 7.04. The van der Waals surface area contributed by atoms with Crippen molar-refractivity contribution in [3.63, 3.8) is 0 Å². The molecular formula is C15H21NO6S. The lowest BCUT2D eigenvalue weighted by Gasteiger charge is -2.17. The number of sulfonamides is 1. The van der Waals surface area contributed by atoms with Crippen LogP contribution in [0.4, 0.5) is 0 Å². The van der Waals surface area contributed by atoms with Gasteiger partial charge in [0.2, 0.25) is 10.0 Å². The van der Waals surface area contributed by atoms with Crippen LogP contribution in [0.5, 0.6) is 5.75 Å². The number of methoxy groups -OCH3 is 1. The summed E-state index contributed by atoms with van der Waals surface area (Å²) >= 11 is 0. The second-order valence-corrected chi connectivity index (χ2v) is 6.88. The van der Waals surface area contributed by atoms with Gasteiger partial charge in [0, 0.05) is 12.8 Å². The molecule has 7 nitrogen and oxygen atoms in total. The minimum absolute atomic E-state index is 0.117. The number of carbonyl (C=O) groups excluding carboxylic acids is 1. The van der Waals surface area contributed by atoms with E-state index < -0.39 is 28.5 Å². The third-order valence-corrected chi connectivity index (χ3v) is 4.98. The molecule has 0 aromatic heterocycles. The van der Waals surface area contributed by atoms with Crippen LogP contribution < -0.4 is 9.46 Å². The van der Waals surface area contributed by atoms with E-state index in [1.165, 1.54) is 13.2 Å². The number of aliphatic carboxylic acids is 1. The van der Waals surface area contributed by atoms with Crippen molar-refractivity contribution in [3.8, 4) is 5.75 Å². The number of rotatable bonds is 8. The number of ketones is 1. The van der Waals surface area contributed by atoms with Crippen LogP contribution in [0.2, 0.25) is 0 Å². The lowest BCUT2D eigenvalue weighted by atomic mass is 10.1. The number of nitrogens with one attached hydrogen (secondary N) is 1. The molecule has 0 bridgehead atoms. The van der Waals surface area contributed by atoms with Crippen LogP contribution in [0.1, 0.15) is 30.9 Å². The van der Waals surface area contributed by atoms with Crippen LogP contribution >= 0.6 is 0 Å². The van der Waals surface area contributed by atoms with Crippen LogP contribution in [0.25, 0.3) is 0 Å². The van der Waals surface area contributed by atoms with Crippen LogP contribution in [0.3, 0.4) is 0 Å². The number of carbonyl (C=O) groups is 2. The van der Waals surface area contributed by atoms with Gasteiger partial charge in [0.25, 0.3) is 0 Å². The number of Topliss-reactive ketones (excluding diaryl/α,β-unsaturated/α-hetero) is 1. The van der Waals surface area contributed by atoms with E-state index in [0.717, 1.165) is 11.1 Å². The van der Waals surface area contributed by atoms with Gasteiger partial charge in [-0.15, -0.1) is 0 Å². The molecule has 1 unspecified atom stereocenters. The molecule has 0 spiro atoms. The molecule has 128 valence electrons. The van der Waals surface area contributed by atoms with E-state index in [-0.39, 0.29) is 22.8 Å². The number of carboxylic acid groups (broad SMARTS) is 1. The minimum atomic E-state index is -4.15. The van der Waals surface area contributed by atoms with Crippen molar-refractivity contribution in [1.29, 1.82) is 0 Å². The zero-order valence-electron chi connectivity index (χ0n) is 13.5. The standard InChI is InChI=1S/C15H21NO6S/c1-5-11(17)8-12(15(18)19)16-23(20,21)14-7-10(3)9(2)6-13(14)22-4/h6-7,12,16H,5,8H2,1-4H3,(H,18,19). The maximum Gasteiger partial charge on any atom is 0.322 e. The van der Waals surface area contributed by atoms with Crippen molar-refractivity contribution < 1.29 is 27.9 Å². The number of ether oxygens (including phenoxy) is 1. The summed E-state index contributed by atoms with van der Waals surface area (Å²) in [6.07, 6.45) is -0.267. The summed E-state index contributed by atoms with van der Waals surface area (Å²) < 4.78 is 32.1.